The topological polar surface area (TPSA) is 24.9 Å². The van der Waals surface area contributed by atoms with Crippen LogP contribution in [-0.4, -0.2) is 11.5 Å². The van der Waals surface area contributed by atoms with Gasteiger partial charge in [-0.25, -0.2) is 4.98 Å². The van der Waals surface area contributed by atoms with Crippen LogP contribution in [-0.2, 0) is 6.42 Å². The van der Waals surface area contributed by atoms with Gasteiger partial charge in [0.25, 0.3) is 0 Å². The first-order valence-electron chi connectivity index (χ1n) is 6.71. The molecular weight excluding hydrogens is 311 g/mol. The van der Waals surface area contributed by atoms with Crippen LogP contribution in [0.15, 0.2) is 18.2 Å². The van der Waals surface area contributed by atoms with E-state index in [2.05, 4.69) is 26.1 Å². The molecule has 1 atom stereocenters. The Bertz CT molecular complexity index is 596. The second-order valence-corrected chi connectivity index (χ2v) is 6.62. The number of aromatic nitrogens is 1. The summed E-state index contributed by atoms with van der Waals surface area (Å²) in [7, 11) is 0. The highest BCUT2D eigenvalue weighted by Crippen LogP contribution is 2.31. The lowest BCUT2D eigenvalue weighted by Gasteiger charge is -2.16. The Kier molecular flexibility index (Phi) is 5.44. The fourth-order valence-corrected chi connectivity index (χ4v) is 3.57. The smallest absolute Gasteiger partial charge is 0.115 e. The van der Waals surface area contributed by atoms with Crippen molar-refractivity contribution in [3.63, 3.8) is 0 Å². The zero-order valence-electron chi connectivity index (χ0n) is 11.8. The maximum absolute atomic E-state index is 6.13. The summed E-state index contributed by atoms with van der Waals surface area (Å²) < 4.78 is 0. The second-order valence-electron chi connectivity index (χ2n) is 4.57. The highest BCUT2D eigenvalue weighted by molar-refractivity contribution is 7.11. The Labute approximate surface area is 134 Å². The first-order chi connectivity index (χ1) is 9.56. The van der Waals surface area contributed by atoms with Crippen LogP contribution >= 0.6 is 34.5 Å². The molecule has 0 saturated heterocycles. The van der Waals surface area contributed by atoms with Gasteiger partial charge in [0.2, 0.25) is 0 Å². The Balaban J connectivity index is 2.41. The summed E-state index contributed by atoms with van der Waals surface area (Å²) in [5.41, 5.74) is 2.27. The maximum Gasteiger partial charge on any atom is 0.115 e. The predicted octanol–water partition coefficient (Wildman–Crippen LogP) is 5.02. The SMILES string of the molecule is CCNC(c1ccc(Cl)c(Cl)c1)c1nc(CC)c(C)s1. The van der Waals surface area contributed by atoms with E-state index in [4.69, 9.17) is 28.2 Å². The van der Waals surface area contributed by atoms with Crippen molar-refractivity contribution in [2.24, 2.45) is 0 Å². The number of benzene rings is 1. The predicted molar refractivity (Wildman–Crippen MR) is 88.2 cm³/mol. The number of rotatable bonds is 5. The number of hydrogen-bond donors (Lipinski definition) is 1. The van der Waals surface area contributed by atoms with Crippen molar-refractivity contribution in [2.75, 3.05) is 6.54 Å². The molecule has 0 aliphatic carbocycles. The van der Waals surface area contributed by atoms with Crippen LogP contribution in [0.1, 0.15) is 41.0 Å². The van der Waals surface area contributed by atoms with Crippen LogP contribution < -0.4 is 5.32 Å². The summed E-state index contributed by atoms with van der Waals surface area (Å²) in [5, 5.41) is 5.71. The fourth-order valence-electron chi connectivity index (χ4n) is 2.15. The van der Waals surface area contributed by atoms with E-state index in [1.54, 1.807) is 11.3 Å². The van der Waals surface area contributed by atoms with E-state index < -0.39 is 0 Å². The average molecular weight is 329 g/mol. The average Bonchev–Trinajstić information content (AvgIpc) is 2.80. The Morgan fingerprint density at radius 2 is 2.00 bits per heavy atom. The summed E-state index contributed by atoms with van der Waals surface area (Å²) in [6.07, 6.45) is 0.961. The number of hydrogen-bond acceptors (Lipinski definition) is 3. The molecule has 1 unspecified atom stereocenters. The van der Waals surface area contributed by atoms with Gasteiger partial charge in [0.15, 0.2) is 0 Å². The first kappa shape index (κ1) is 15.8. The zero-order chi connectivity index (χ0) is 14.7. The van der Waals surface area contributed by atoms with Crippen LogP contribution in [0.4, 0.5) is 0 Å². The van der Waals surface area contributed by atoms with Gasteiger partial charge in [-0.05, 0) is 37.6 Å². The lowest BCUT2D eigenvalue weighted by molar-refractivity contribution is 0.625. The molecule has 0 aliphatic rings. The molecule has 108 valence electrons. The summed E-state index contributed by atoms with van der Waals surface area (Å²) in [5.74, 6) is 0. The third-order valence-electron chi connectivity index (χ3n) is 3.18. The van der Waals surface area contributed by atoms with Crippen molar-refractivity contribution in [1.29, 1.82) is 0 Å². The second kappa shape index (κ2) is 6.90. The number of aryl methyl sites for hydroxylation is 2. The fraction of sp³-hybridized carbons (Fsp3) is 0.400. The van der Waals surface area contributed by atoms with Gasteiger partial charge < -0.3 is 5.32 Å². The van der Waals surface area contributed by atoms with Crippen molar-refractivity contribution in [3.05, 3.63) is 49.4 Å². The monoisotopic (exact) mass is 328 g/mol. The first-order valence-corrected chi connectivity index (χ1v) is 8.28. The van der Waals surface area contributed by atoms with E-state index in [0.717, 1.165) is 23.5 Å². The number of nitrogens with zero attached hydrogens (tertiary/aromatic N) is 1. The van der Waals surface area contributed by atoms with Gasteiger partial charge in [-0.15, -0.1) is 11.3 Å². The lowest BCUT2D eigenvalue weighted by Crippen LogP contribution is -2.21. The van der Waals surface area contributed by atoms with Gasteiger partial charge in [-0.2, -0.15) is 0 Å². The van der Waals surface area contributed by atoms with Crippen LogP contribution in [0.3, 0.4) is 0 Å². The minimum Gasteiger partial charge on any atom is -0.305 e. The highest BCUT2D eigenvalue weighted by atomic mass is 35.5. The quantitative estimate of drug-likeness (QED) is 0.833. The molecule has 0 fully saturated rings. The molecule has 1 N–H and O–H groups in total. The molecule has 5 heteroatoms. The highest BCUT2D eigenvalue weighted by Gasteiger charge is 2.19. The molecule has 0 radical (unpaired) electrons. The summed E-state index contributed by atoms with van der Waals surface area (Å²) in [4.78, 5) is 6.04. The molecule has 0 saturated carbocycles. The van der Waals surface area contributed by atoms with Gasteiger partial charge in [-0.1, -0.05) is 43.1 Å². The van der Waals surface area contributed by atoms with E-state index >= 15 is 0 Å². The third-order valence-corrected chi connectivity index (χ3v) is 4.99. The van der Waals surface area contributed by atoms with E-state index in [9.17, 15) is 0 Å². The van der Waals surface area contributed by atoms with Crippen molar-refractivity contribution in [2.45, 2.75) is 33.2 Å². The molecule has 0 aliphatic heterocycles. The van der Waals surface area contributed by atoms with Crippen molar-refractivity contribution in [1.82, 2.24) is 10.3 Å². The largest absolute Gasteiger partial charge is 0.305 e. The van der Waals surface area contributed by atoms with Gasteiger partial charge in [0.1, 0.15) is 5.01 Å². The lowest BCUT2D eigenvalue weighted by atomic mass is 10.1. The van der Waals surface area contributed by atoms with Crippen LogP contribution in [0.5, 0.6) is 0 Å². The van der Waals surface area contributed by atoms with Crippen molar-refractivity contribution in [3.8, 4) is 0 Å². The molecule has 20 heavy (non-hydrogen) atoms. The molecular formula is C15H18Cl2N2S. The molecule has 2 aromatic rings. The van der Waals surface area contributed by atoms with E-state index in [0.29, 0.717) is 10.0 Å². The minimum absolute atomic E-state index is 0.0683. The van der Waals surface area contributed by atoms with E-state index in [1.165, 1.54) is 10.6 Å². The van der Waals surface area contributed by atoms with Crippen molar-refractivity contribution >= 4 is 34.5 Å². The Hall–Kier alpha value is -0.610. The molecule has 0 spiro atoms. The molecule has 2 nitrogen and oxygen atoms in total. The van der Waals surface area contributed by atoms with Gasteiger partial charge in [-0.3, -0.25) is 0 Å². The molecule has 1 aromatic heterocycles. The van der Waals surface area contributed by atoms with Gasteiger partial charge in [0.05, 0.1) is 21.8 Å². The van der Waals surface area contributed by atoms with Crippen LogP contribution in [0.2, 0.25) is 10.0 Å². The minimum atomic E-state index is 0.0683. The number of halogens is 2. The zero-order valence-corrected chi connectivity index (χ0v) is 14.2. The number of thiazole rings is 1. The van der Waals surface area contributed by atoms with Crippen LogP contribution in [0, 0.1) is 6.92 Å². The maximum atomic E-state index is 6.13. The summed E-state index contributed by atoms with van der Waals surface area (Å²) in [6, 6.07) is 5.83. The van der Waals surface area contributed by atoms with Gasteiger partial charge >= 0.3 is 0 Å². The normalized spacial score (nSPS) is 12.7. The van der Waals surface area contributed by atoms with Crippen LogP contribution in [0.25, 0.3) is 0 Å². The molecule has 1 aromatic carbocycles. The van der Waals surface area contributed by atoms with E-state index in [1.807, 2.05) is 18.2 Å². The van der Waals surface area contributed by atoms with Crippen molar-refractivity contribution < 1.29 is 0 Å². The Morgan fingerprint density at radius 1 is 1.25 bits per heavy atom. The van der Waals surface area contributed by atoms with Gasteiger partial charge in [0, 0.05) is 4.88 Å². The van der Waals surface area contributed by atoms with E-state index in [-0.39, 0.29) is 6.04 Å². The third kappa shape index (κ3) is 3.34. The summed E-state index contributed by atoms with van der Waals surface area (Å²) >= 11 is 13.9. The molecule has 0 amide bonds. The molecule has 1 heterocycles. The summed E-state index contributed by atoms with van der Waals surface area (Å²) in [6.45, 7) is 7.21. The Morgan fingerprint density at radius 3 is 2.55 bits per heavy atom. The number of nitrogens with one attached hydrogen (secondary N) is 1. The standard InChI is InChI=1S/C15H18Cl2N2S/c1-4-13-9(3)20-15(19-13)14(18-5-2)10-6-7-11(16)12(17)8-10/h6-8,14,18H,4-5H2,1-3H3. The molecule has 2 rings (SSSR count). The molecule has 0 bridgehead atoms.